The molecule has 2 unspecified atom stereocenters. The first kappa shape index (κ1) is 14.5. The molecule has 1 aromatic rings. The molecular weight excluding hydrogens is 241 g/mol. The van der Waals surface area contributed by atoms with Crippen LogP contribution in [0.1, 0.15) is 49.3 Å². The minimum absolute atomic E-state index is 0.0125. The summed E-state index contributed by atoms with van der Waals surface area (Å²) < 4.78 is 19.1. The highest BCUT2D eigenvalue weighted by molar-refractivity contribution is 5.27. The number of benzene rings is 1. The lowest BCUT2D eigenvalue weighted by molar-refractivity contribution is 0.0172. The maximum absolute atomic E-state index is 13.5. The van der Waals surface area contributed by atoms with Gasteiger partial charge in [0.2, 0.25) is 0 Å². The molecular formula is C16H24FNO. The van der Waals surface area contributed by atoms with E-state index in [1.807, 2.05) is 13.0 Å². The monoisotopic (exact) mass is 265 g/mol. The standard InChI is InChI=1S/C16H24FNO/c1-11-8-13(10-14(17)9-11)15(18)16(19-2)12-6-4-3-5-7-12/h8-10,12,15-16H,3-7,18H2,1-2H3. The van der Waals surface area contributed by atoms with Gasteiger partial charge in [-0.05, 0) is 48.9 Å². The van der Waals surface area contributed by atoms with Gasteiger partial charge in [-0.1, -0.05) is 25.3 Å². The van der Waals surface area contributed by atoms with Crippen molar-refractivity contribution >= 4 is 0 Å². The zero-order chi connectivity index (χ0) is 13.8. The number of hydrogen-bond acceptors (Lipinski definition) is 2. The van der Waals surface area contributed by atoms with E-state index >= 15 is 0 Å². The average Bonchev–Trinajstić information content (AvgIpc) is 2.39. The van der Waals surface area contributed by atoms with Gasteiger partial charge in [-0.3, -0.25) is 0 Å². The van der Waals surface area contributed by atoms with Gasteiger partial charge in [0.15, 0.2) is 0 Å². The van der Waals surface area contributed by atoms with E-state index in [0.29, 0.717) is 5.92 Å². The van der Waals surface area contributed by atoms with Crippen LogP contribution >= 0.6 is 0 Å². The zero-order valence-electron chi connectivity index (χ0n) is 11.9. The fourth-order valence-electron chi connectivity index (χ4n) is 3.24. The molecule has 3 heteroatoms. The Balaban J connectivity index is 2.16. The third-order valence-electron chi connectivity index (χ3n) is 4.19. The molecule has 1 aromatic carbocycles. The van der Waals surface area contributed by atoms with Crippen LogP contribution in [0.15, 0.2) is 18.2 Å². The lowest BCUT2D eigenvalue weighted by atomic mass is 9.81. The van der Waals surface area contributed by atoms with Crippen molar-refractivity contribution < 1.29 is 9.13 Å². The van der Waals surface area contributed by atoms with Crippen LogP contribution < -0.4 is 5.73 Å². The van der Waals surface area contributed by atoms with E-state index in [9.17, 15) is 4.39 Å². The molecule has 0 aliphatic heterocycles. The Morgan fingerprint density at radius 2 is 1.89 bits per heavy atom. The fourth-order valence-corrected chi connectivity index (χ4v) is 3.24. The quantitative estimate of drug-likeness (QED) is 0.900. The van der Waals surface area contributed by atoms with E-state index in [-0.39, 0.29) is 18.0 Å². The average molecular weight is 265 g/mol. The molecule has 106 valence electrons. The van der Waals surface area contributed by atoms with Crippen LogP contribution in [0.4, 0.5) is 4.39 Å². The van der Waals surface area contributed by atoms with Gasteiger partial charge in [0.25, 0.3) is 0 Å². The molecule has 0 bridgehead atoms. The maximum atomic E-state index is 13.5. The van der Waals surface area contributed by atoms with Crippen LogP contribution in [0.2, 0.25) is 0 Å². The van der Waals surface area contributed by atoms with Crippen molar-refractivity contribution in [3.8, 4) is 0 Å². The zero-order valence-corrected chi connectivity index (χ0v) is 11.9. The Hall–Kier alpha value is -0.930. The summed E-state index contributed by atoms with van der Waals surface area (Å²) in [4.78, 5) is 0. The number of methoxy groups -OCH3 is 1. The SMILES string of the molecule is COC(C1CCCCC1)C(N)c1cc(C)cc(F)c1. The highest BCUT2D eigenvalue weighted by Crippen LogP contribution is 2.33. The van der Waals surface area contributed by atoms with Crippen LogP contribution in [0.5, 0.6) is 0 Å². The third-order valence-corrected chi connectivity index (χ3v) is 4.19. The second-order valence-electron chi connectivity index (χ2n) is 5.69. The van der Waals surface area contributed by atoms with Crippen LogP contribution in [-0.2, 0) is 4.74 Å². The first-order valence-corrected chi connectivity index (χ1v) is 7.17. The summed E-state index contributed by atoms with van der Waals surface area (Å²) in [5, 5.41) is 0. The Kier molecular flexibility index (Phi) is 4.94. The van der Waals surface area contributed by atoms with Gasteiger partial charge in [0, 0.05) is 7.11 Å². The smallest absolute Gasteiger partial charge is 0.123 e. The molecule has 0 saturated heterocycles. The van der Waals surface area contributed by atoms with Crippen molar-refractivity contribution in [2.24, 2.45) is 11.7 Å². The van der Waals surface area contributed by atoms with E-state index in [1.54, 1.807) is 7.11 Å². The normalized spacial score (nSPS) is 20.2. The summed E-state index contributed by atoms with van der Waals surface area (Å²) in [7, 11) is 1.71. The van der Waals surface area contributed by atoms with Crippen molar-refractivity contribution in [1.82, 2.24) is 0 Å². The predicted octanol–water partition coefficient (Wildman–Crippen LogP) is 3.73. The van der Waals surface area contributed by atoms with E-state index in [4.69, 9.17) is 10.5 Å². The minimum atomic E-state index is -0.248. The van der Waals surface area contributed by atoms with Gasteiger partial charge in [-0.2, -0.15) is 0 Å². The molecule has 0 aromatic heterocycles. The van der Waals surface area contributed by atoms with Crippen LogP contribution in [-0.4, -0.2) is 13.2 Å². The van der Waals surface area contributed by atoms with Gasteiger partial charge in [-0.15, -0.1) is 0 Å². The summed E-state index contributed by atoms with van der Waals surface area (Å²) >= 11 is 0. The van der Waals surface area contributed by atoms with Crippen LogP contribution in [0.25, 0.3) is 0 Å². The molecule has 1 fully saturated rings. The van der Waals surface area contributed by atoms with Crippen molar-refractivity contribution in [3.63, 3.8) is 0 Å². The molecule has 2 N–H and O–H groups in total. The number of rotatable bonds is 4. The molecule has 2 atom stereocenters. The Bertz CT molecular complexity index is 395. The summed E-state index contributed by atoms with van der Waals surface area (Å²) in [5.41, 5.74) is 8.08. The fraction of sp³-hybridized carbons (Fsp3) is 0.625. The van der Waals surface area contributed by atoms with Gasteiger partial charge in [0.05, 0.1) is 12.1 Å². The van der Waals surface area contributed by atoms with Gasteiger partial charge in [-0.25, -0.2) is 4.39 Å². The first-order chi connectivity index (χ1) is 9.11. The van der Waals surface area contributed by atoms with Crippen LogP contribution in [0, 0.1) is 18.7 Å². The van der Waals surface area contributed by atoms with Gasteiger partial charge >= 0.3 is 0 Å². The minimum Gasteiger partial charge on any atom is -0.379 e. The predicted molar refractivity (Wildman–Crippen MR) is 75.4 cm³/mol. The molecule has 2 rings (SSSR count). The highest BCUT2D eigenvalue weighted by atomic mass is 19.1. The molecule has 1 aliphatic carbocycles. The van der Waals surface area contributed by atoms with Crippen molar-refractivity contribution in [2.45, 2.75) is 51.2 Å². The Labute approximate surface area is 115 Å². The lowest BCUT2D eigenvalue weighted by Crippen LogP contribution is -2.36. The number of hydrogen-bond donors (Lipinski definition) is 1. The topological polar surface area (TPSA) is 35.2 Å². The van der Waals surface area contributed by atoms with Crippen molar-refractivity contribution in [2.75, 3.05) is 7.11 Å². The van der Waals surface area contributed by atoms with E-state index in [2.05, 4.69) is 0 Å². The maximum Gasteiger partial charge on any atom is 0.123 e. The van der Waals surface area contributed by atoms with E-state index in [0.717, 1.165) is 11.1 Å². The number of ether oxygens (including phenoxy) is 1. The van der Waals surface area contributed by atoms with E-state index < -0.39 is 0 Å². The number of halogens is 1. The first-order valence-electron chi connectivity index (χ1n) is 7.17. The molecule has 2 nitrogen and oxygen atoms in total. The van der Waals surface area contributed by atoms with Crippen molar-refractivity contribution in [3.05, 3.63) is 35.1 Å². The molecule has 0 radical (unpaired) electrons. The molecule has 19 heavy (non-hydrogen) atoms. The summed E-state index contributed by atoms with van der Waals surface area (Å²) in [6, 6.07) is 4.77. The second kappa shape index (κ2) is 6.49. The lowest BCUT2D eigenvalue weighted by Gasteiger charge is -2.33. The van der Waals surface area contributed by atoms with Gasteiger partial charge < -0.3 is 10.5 Å². The second-order valence-corrected chi connectivity index (χ2v) is 5.69. The molecule has 0 amide bonds. The Morgan fingerprint density at radius 1 is 1.21 bits per heavy atom. The van der Waals surface area contributed by atoms with Crippen LogP contribution in [0.3, 0.4) is 0 Å². The Morgan fingerprint density at radius 3 is 2.47 bits per heavy atom. The molecule has 1 aliphatic rings. The van der Waals surface area contributed by atoms with Crippen molar-refractivity contribution in [1.29, 1.82) is 0 Å². The molecule has 1 saturated carbocycles. The number of nitrogens with two attached hydrogens (primary N) is 1. The molecule has 0 spiro atoms. The summed E-state index contributed by atoms with van der Waals surface area (Å²) in [6.07, 6.45) is 6.13. The van der Waals surface area contributed by atoms with E-state index in [1.165, 1.54) is 44.2 Å². The summed E-state index contributed by atoms with van der Waals surface area (Å²) in [5.74, 6) is 0.279. The molecule has 0 heterocycles. The largest absolute Gasteiger partial charge is 0.379 e. The number of aryl methyl sites for hydroxylation is 1. The van der Waals surface area contributed by atoms with Gasteiger partial charge in [0.1, 0.15) is 5.82 Å². The summed E-state index contributed by atoms with van der Waals surface area (Å²) in [6.45, 7) is 1.89. The highest BCUT2D eigenvalue weighted by Gasteiger charge is 2.29. The third kappa shape index (κ3) is 3.54.